The van der Waals surface area contributed by atoms with Crippen molar-refractivity contribution < 1.29 is 4.68 Å². The van der Waals surface area contributed by atoms with Crippen LogP contribution >= 0.6 is 0 Å². The predicted octanol–water partition coefficient (Wildman–Crippen LogP) is -1.26. The number of hydrogen-bond donors (Lipinski definition) is 1. The van der Waals surface area contributed by atoms with Gasteiger partial charge < -0.3 is 10.5 Å². The van der Waals surface area contributed by atoms with Crippen LogP contribution in [0, 0.1) is 22.9 Å². The molecule has 62 valence electrons. The van der Waals surface area contributed by atoms with E-state index in [9.17, 15) is 0 Å². The van der Waals surface area contributed by atoms with Gasteiger partial charge in [-0.1, -0.05) is 0 Å². The first-order valence-corrected chi connectivity index (χ1v) is 2.83. The minimum Gasteiger partial charge on any atom is -0.385 e. The van der Waals surface area contributed by atoms with E-state index in [0.29, 0.717) is 0 Å². The first kappa shape index (κ1) is 9.72. The Balaban J connectivity index is 0.000000217. The van der Waals surface area contributed by atoms with Gasteiger partial charge in [0.15, 0.2) is 0 Å². The molecule has 0 bridgehead atoms. The first-order chi connectivity index (χ1) is 5.70. The van der Waals surface area contributed by atoms with Crippen molar-refractivity contribution in [3.63, 3.8) is 0 Å². The summed E-state index contributed by atoms with van der Waals surface area (Å²) < 4.78 is 3.01. The molecule has 7 nitrogen and oxygen atoms in total. The van der Waals surface area contributed by atoms with Gasteiger partial charge in [-0.05, 0) is 5.10 Å². The molecule has 1 aromatic rings. The van der Waals surface area contributed by atoms with Gasteiger partial charge in [-0.2, -0.15) is 0 Å². The molecular weight excluding hydrogens is 158 g/mol. The number of aryl methyl sites for hydroxylation is 1. The van der Waals surface area contributed by atoms with Gasteiger partial charge in [0.25, 0.3) is 6.33 Å². The zero-order chi connectivity index (χ0) is 9.40. The molecule has 0 aromatic carbocycles. The maximum atomic E-state index is 7.43. The molecule has 0 saturated heterocycles. The molecule has 0 aliphatic carbocycles. The fraction of sp³-hybridized carbons (Fsp3) is 0.200. The van der Waals surface area contributed by atoms with Crippen LogP contribution in [0.15, 0.2) is 12.7 Å². The Morgan fingerprint density at radius 3 is 2.25 bits per heavy atom. The molecule has 12 heavy (non-hydrogen) atoms. The number of aromatic nitrogens is 3. The number of rotatable bonds is 0. The van der Waals surface area contributed by atoms with Crippen molar-refractivity contribution in [2.75, 3.05) is 5.84 Å². The van der Waals surface area contributed by atoms with Crippen LogP contribution in [-0.4, -0.2) is 9.77 Å². The highest BCUT2D eigenvalue weighted by Gasteiger charge is 1.90. The quantitative estimate of drug-likeness (QED) is 0.294. The summed E-state index contributed by atoms with van der Waals surface area (Å²) in [6, 6.07) is 0. The van der Waals surface area contributed by atoms with E-state index in [1.165, 1.54) is 23.4 Å². The van der Waals surface area contributed by atoms with Crippen molar-refractivity contribution in [3.05, 3.63) is 18.0 Å². The van der Waals surface area contributed by atoms with Gasteiger partial charge in [0.05, 0.1) is 0 Å². The van der Waals surface area contributed by atoms with E-state index in [0.717, 1.165) is 0 Å². The first-order valence-electron chi connectivity index (χ1n) is 2.83. The second kappa shape index (κ2) is 5.50. The van der Waals surface area contributed by atoms with E-state index >= 15 is 0 Å². The average Bonchev–Trinajstić information content (AvgIpc) is 2.38. The molecule has 1 heterocycles. The van der Waals surface area contributed by atoms with Crippen LogP contribution in [-0.2, 0) is 7.05 Å². The Morgan fingerprint density at radius 1 is 1.58 bits per heavy atom. The number of nitrogens with zero attached hydrogens (tertiary/aromatic N) is 6. The second-order valence-electron chi connectivity index (χ2n) is 1.68. The maximum Gasteiger partial charge on any atom is 0.288 e. The van der Waals surface area contributed by atoms with Crippen LogP contribution in [0.2, 0.25) is 0 Å². The zero-order valence-corrected chi connectivity index (χ0v) is 6.42. The molecule has 0 radical (unpaired) electrons. The Kier molecular flexibility index (Phi) is 4.46. The maximum absolute atomic E-state index is 7.43. The molecule has 0 unspecified atom stereocenters. The lowest BCUT2D eigenvalue weighted by molar-refractivity contribution is -0.728. The lowest BCUT2D eigenvalue weighted by Crippen LogP contribution is -2.29. The number of nitrogens with two attached hydrogens (primary N) is 1. The summed E-state index contributed by atoms with van der Waals surface area (Å²) in [4.78, 5) is 0. The van der Waals surface area contributed by atoms with E-state index in [1.54, 1.807) is 11.0 Å². The summed E-state index contributed by atoms with van der Waals surface area (Å²) in [5.74, 6) is 5.21. The molecule has 0 saturated carbocycles. The van der Waals surface area contributed by atoms with Crippen LogP contribution in [0.1, 0.15) is 0 Å². The van der Waals surface area contributed by atoms with E-state index in [4.69, 9.17) is 16.4 Å². The van der Waals surface area contributed by atoms with Crippen molar-refractivity contribution in [1.82, 2.24) is 9.77 Å². The molecule has 7 heteroatoms. The molecule has 0 atom stereocenters. The van der Waals surface area contributed by atoms with E-state index in [1.807, 2.05) is 7.05 Å². The smallest absolute Gasteiger partial charge is 0.288 e. The standard InChI is InChI=1S/C3H7N4.C2N3/c1-6-3-7(4)2-5-6;3-1-5-2-4/h2-3H,4H2,1H3;/q+1;-1. The van der Waals surface area contributed by atoms with Crippen LogP contribution in [0.3, 0.4) is 0 Å². The van der Waals surface area contributed by atoms with Gasteiger partial charge in [0.2, 0.25) is 6.33 Å². The third kappa shape index (κ3) is 4.58. The molecule has 0 spiro atoms. The average molecular weight is 165 g/mol. The Morgan fingerprint density at radius 2 is 2.17 bits per heavy atom. The SMILES string of the molecule is C[n+]1cn(N)cn1.N#C[N-]C#N. The van der Waals surface area contributed by atoms with Gasteiger partial charge >= 0.3 is 0 Å². The third-order valence-electron chi connectivity index (χ3n) is 0.768. The number of nitrogen functional groups attached to an aromatic ring is 1. The van der Waals surface area contributed by atoms with Gasteiger partial charge in [-0.15, -0.1) is 9.36 Å². The topological polar surface area (TPSA) is 109 Å². The normalized spacial score (nSPS) is 6.92. The molecule has 1 rings (SSSR count). The van der Waals surface area contributed by atoms with Gasteiger partial charge in [0.1, 0.15) is 7.05 Å². The lowest BCUT2D eigenvalue weighted by Gasteiger charge is -1.69. The van der Waals surface area contributed by atoms with Gasteiger partial charge in [-0.25, -0.2) is 0 Å². The van der Waals surface area contributed by atoms with E-state index < -0.39 is 0 Å². The molecule has 0 fully saturated rings. The highest BCUT2D eigenvalue weighted by Crippen LogP contribution is 1.66. The van der Waals surface area contributed by atoms with Crippen LogP contribution in [0.5, 0.6) is 0 Å². The Hall–Kier alpha value is -2.28. The zero-order valence-electron chi connectivity index (χ0n) is 6.42. The summed E-state index contributed by atoms with van der Waals surface area (Å²) >= 11 is 0. The number of nitriles is 2. The van der Waals surface area contributed by atoms with Gasteiger partial charge in [-0.3, -0.25) is 11.2 Å². The largest absolute Gasteiger partial charge is 0.385 e. The summed E-state index contributed by atoms with van der Waals surface area (Å²) in [5.41, 5.74) is 0. The van der Waals surface area contributed by atoms with Crippen LogP contribution in [0.4, 0.5) is 0 Å². The van der Waals surface area contributed by atoms with Crippen molar-refractivity contribution in [3.8, 4) is 12.4 Å². The molecule has 0 amide bonds. The predicted molar refractivity (Wildman–Crippen MR) is 38.1 cm³/mol. The minimum absolute atomic E-state index is 1.28. The summed E-state index contributed by atoms with van der Waals surface area (Å²) in [6.07, 6.45) is 5.76. The summed E-state index contributed by atoms with van der Waals surface area (Å²) in [6.45, 7) is 0. The fourth-order valence-corrected chi connectivity index (χ4v) is 0.416. The van der Waals surface area contributed by atoms with Crippen LogP contribution < -0.4 is 10.5 Å². The number of hydrogen-bond acceptors (Lipinski definition) is 4. The van der Waals surface area contributed by atoms with Crippen LogP contribution in [0.25, 0.3) is 5.32 Å². The lowest BCUT2D eigenvalue weighted by atomic mass is 11.2. The third-order valence-corrected chi connectivity index (χ3v) is 0.768. The minimum atomic E-state index is 1.28. The highest BCUT2D eigenvalue weighted by atomic mass is 15.4. The van der Waals surface area contributed by atoms with Gasteiger partial charge in [0, 0.05) is 12.4 Å². The summed E-state index contributed by atoms with van der Waals surface area (Å²) in [5, 5.41) is 21.2. The molecule has 2 N–H and O–H groups in total. The Labute approximate surface area is 69.2 Å². The van der Waals surface area contributed by atoms with Crippen molar-refractivity contribution in [2.24, 2.45) is 7.05 Å². The Bertz CT molecular complexity index is 272. The van der Waals surface area contributed by atoms with Crippen molar-refractivity contribution in [2.45, 2.75) is 0 Å². The molecular formula is C5H7N7. The van der Waals surface area contributed by atoms with E-state index in [-0.39, 0.29) is 0 Å². The second-order valence-corrected chi connectivity index (χ2v) is 1.68. The van der Waals surface area contributed by atoms with Crippen molar-refractivity contribution >= 4 is 0 Å². The van der Waals surface area contributed by atoms with E-state index in [2.05, 4.69) is 10.4 Å². The highest BCUT2D eigenvalue weighted by molar-refractivity contribution is 5.12. The monoisotopic (exact) mass is 165 g/mol. The molecule has 1 aromatic heterocycles. The fourth-order valence-electron chi connectivity index (χ4n) is 0.416. The molecule has 0 aliphatic heterocycles. The molecule has 0 aliphatic rings. The summed E-state index contributed by atoms with van der Waals surface area (Å²) in [7, 11) is 1.81. The van der Waals surface area contributed by atoms with Crippen molar-refractivity contribution in [1.29, 1.82) is 10.5 Å².